The third kappa shape index (κ3) is 3.33. The molecule has 0 unspecified atom stereocenters. The molecule has 0 saturated heterocycles. The molecule has 22 heavy (non-hydrogen) atoms. The van der Waals surface area contributed by atoms with Crippen molar-refractivity contribution in [2.24, 2.45) is 11.8 Å². The first kappa shape index (κ1) is 15.5. The lowest BCUT2D eigenvalue weighted by Gasteiger charge is -2.06. The number of halogens is 1. The molecule has 0 N–H and O–H groups in total. The Morgan fingerprint density at radius 3 is 2.95 bits per heavy atom. The summed E-state index contributed by atoms with van der Waals surface area (Å²) >= 11 is 4.97. The SMILES string of the molecule is COc1ccc(Br)cc1-c1nc(COC(=O)[C@H]2C[C@H]2C)cs1. The number of nitrogens with zero attached hydrogens (tertiary/aromatic N) is 1. The summed E-state index contributed by atoms with van der Waals surface area (Å²) in [4.78, 5) is 16.3. The molecule has 0 radical (unpaired) electrons. The Balaban J connectivity index is 1.71. The number of ether oxygens (including phenoxy) is 2. The summed E-state index contributed by atoms with van der Waals surface area (Å²) in [6, 6.07) is 5.80. The number of rotatable bonds is 5. The van der Waals surface area contributed by atoms with E-state index in [-0.39, 0.29) is 18.5 Å². The van der Waals surface area contributed by atoms with Crippen molar-refractivity contribution in [2.75, 3.05) is 7.11 Å². The topological polar surface area (TPSA) is 48.4 Å². The molecule has 0 bridgehead atoms. The zero-order valence-electron chi connectivity index (χ0n) is 12.3. The van der Waals surface area contributed by atoms with Crippen LogP contribution in [0.3, 0.4) is 0 Å². The molecular weight excluding hydrogens is 366 g/mol. The van der Waals surface area contributed by atoms with E-state index in [2.05, 4.69) is 27.8 Å². The molecule has 1 aromatic heterocycles. The van der Waals surface area contributed by atoms with Crippen LogP contribution in [0.4, 0.5) is 0 Å². The van der Waals surface area contributed by atoms with E-state index in [1.807, 2.05) is 23.6 Å². The Kier molecular flexibility index (Phi) is 4.49. The van der Waals surface area contributed by atoms with Gasteiger partial charge in [-0.2, -0.15) is 0 Å². The molecule has 0 spiro atoms. The van der Waals surface area contributed by atoms with Crippen molar-refractivity contribution >= 4 is 33.2 Å². The minimum absolute atomic E-state index is 0.0864. The summed E-state index contributed by atoms with van der Waals surface area (Å²) in [5.74, 6) is 1.21. The minimum atomic E-state index is -0.109. The highest BCUT2D eigenvalue weighted by atomic mass is 79.9. The fraction of sp³-hybridized carbons (Fsp3) is 0.375. The van der Waals surface area contributed by atoms with Crippen LogP contribution in [0.2, 0.25) is 0 Å². The smallest absolute Gasteiger partial charge is 0.309 e. The number of hydrogen-bond donors (Lipinski definition) is 0. The van der Waals surface area contributed by atoms with Crippen molar-refractivity contribution in [3.63, 3.8) is 0 Å². The largest absolute Gasteiger partial charge is 0.496 e. The number of hydrogen-bond acceptors (Lipinski definition) is 5. The van der Waals surface area contributed by atoms with Gasteiger partial charge in [-0.15, -0.1) is 11.3 Å². The summed E-state index contributed by atoms with van der Waals surface area (Å²) in [6.45, 7) is 2.29. The lowest BCUT2D eigenvalue weighted by Crippen LogP contribution is -2.07. The molecule has 1 saturated carbocycles. The molecule has 1 aromatic carbocycles. The lowest BCUT2D eigenvalue weighted by atomic mass is 10.2. The van der Waals surface area contributed by atoms with Gasteiger partial charge in [0, 0.05) is 9.85 Å². The van der Waals surface area contributed by atoms with Gasteiger partial charge >= 0.3 is 5.97 Å². The minimum Gasteiger partial charge on any atom is -0.496 e. The van der Waals surface area contributed by atoms with Crippen LogP contribution >= 0.6 is 27.3 Å². The molecule has 2 atom stereocenters. The normalized spacial score (nSPS) is 19.8. The van der Waals surface area contributed by atoms with E-state index >= 15 is 0 Å². The van der Waals surface area contributed by atoms with E-state index < -0.39 is 0 Å². The van der Waals surface area contributed by atoms with E-state index in [1.54, 1.807) is 7.11 Å². The maximum absolute atomic E-state index is 11.7. The Hall–Kier alpha value is -1.40. The number of methoxy groups -OCH3 is 1. The highest BCUT2D eigenvalue weighted by molar-refractivity contribution is 9.10. The van der Waals surface area contributed by atoms with E-state index in [0.717, 1.165) is 32.9 Å². The van der Waals surface area contributed by atoms with Crippen LogP contribution in [-0.2, 0) is 16.1 Å². The van der Waals surface area contributed by atoms with Gasteiger partial charge in [0.15, 0.2) is 0 Å². The second kappa shape index (κ2) is 6.38. The Morgan fingerprint density at radius 1 is 1.50 bits per heavy atom. The zero-order chi connectivity index (χ0) is 15.7. The second-order valence-corrected chi connectivity index (χ2v) is 7.19. The molecule has 3 rings (SSSR count). The Labute approximate surface area is 141 Å². The van der Waals surface area contributed by atoms with Gasteiger partial charge in [-0.1, -0.05) is 22.9 Å². The maximum Gasteiger partial charge on any atom is 0.309 e. The van der Waals surface area contributed by atoms with Gasteiger partial charge in [0.05, 0.1) is 24.3 Å². The second-order valence-electron chi connectivity index (χ2n) is 5.42. The molecule has 1 aliphatic carbocycles. The van der Waals surface area contributed by atoms with Crippen LogP contribution in [0, 0.1) is 11.8 Å². The van der Waals surface area contributed by atoms with E-state index in [1.165, 1.54) is 11.3 Å². The summed E-state index contributed by atoms with van der Waals surface area (Å²) in [7, 11) is 1.64. The molecule has 1 heterocycles. The summed E-state index contributed by atoms with van der Waals surface area (Å²) in [5.41, 5.74) is 1.69. The predicted molar refractivity (Wildman–Crippen MR) is 88.9 cm³/mol. The number of aromatic nitrogens is 1. The van der Waals surface area contributed by atoms with Crippen LogP contribution in [0.1, 0.15) is 19.0 Å². The van der Waals surface area contributed by atoms with Gasteiger partial charge in [-0.25, -0.2) is 4.98 Å². The monoisotopic (exact) mass is 381 g/mol. The molecule has 0 aliphatic heterocycles. The molecule has 1 aliphatic rings. The van der Waals surface area contributed by atoms with Crippen LogP contribution < -0.4 is 4.74 Å². The number of benzene rings is 1. The van der Waals surface area contributed by atoms with Crippen molar-refractivity contribution < 1.29 is 14.3 Å². The van der Waals surface area contributed by atoms with Crippen molar-refractivity contribution in [2.45, 2.75) is 20.0 Å². The maximum atomic E-state index is 11.7. The molecule has 2 aromatic rings. The number of carbonyl (C=O) groups excluding carboxylic acids is 1. The predicted octanol–water partition coefficient (Wildman–Crippen LogP) is 4.28. The van der Waals surface area contributed by atoms with Gasteiger partial charge in [0.2, 0.25) is 0 Å². The summed E-state index contributed by atoms with van der Waals surface area (Å²) in [6.07, 6.45) is 0.941. The van der Waals surface area contributed by atoms with Gasteiger partial charge in [0.25, 0.3) is 0 Å². The fourth-order valence-electron chi connectivity index (χ4n) is 2.25. The number of carbonyl (C=O) groups is 1. The first-order valence-corrected chi connectivity index (χ1v) is 8.70. The molecule has 4 nitrogen and oxygen atoms in total. The number of thiazole rings is 1. The van der Waals surface area contributed by atoms with Gasteiger partial charge < -0.3 is 9.47 Å². The lowest BCUT2D eigenvalue weighted by molar-refractivity contribution is -0.146. The van der Waals surface area contributed by atoms with E-state index in [0.29, 0.717) is 5.92 Å². The Bertz CT molecular complexity index is 700. The van der Waals surface area contributed by atoms with Crippen LogP contribution in [0.15, 0.2) is 28.1 Å². The number of esters is 1. The standard InChI is InChI=1S/C16H16BrNO3S/c1-9-5-12(9)16(19)21-7-11-8-22-15(18-11)13-6-10(17)3-4-14(13)20-2/h3-4,6,8-9,12H,5,7H2,1-2H3/t9-,12+/m1/s1. The Morgan fingerprint density at radius 2 is 2.27 bits per heavy atom. The van der Waals surface area contributed by atoms with Gasteiger partial charge in [-0.05, 0) is 30.5 Å². The highest BCUT2D eigenvalue weighted by Gasteiger charge is 2.40. The van der Waals surface area contributed by atoms with Gasteiger partial charge in [-0.3, -0.25) is 4.79 Å². The van der Waals surface area contributed by atoms with E-state index in [9.17, 15) is 4.79 Å². The quantitative estimate of drug-likeness (QED) is 0.725. The van der Waals surface area contributed by atoms with E-state index in [4.69, 9.17) is 9.47 Å². The van der Waals surface area contributed by atoms with Crippen LogP contribution in [0.25, 0.3) is 10.6 Å². The zero-order valence-corrected chi connectivity index (χ0v) is 14.7. The molecule has 1 fully saturated rings. The molecule has 0 amide bonds. The summed E-state index contributed by atoms with van der Waals surface area (Å²) in [5, 5.41) is 2.77. The van der Waals surface area contributed by atoms with Crippen molar-refractivity contribution in [3.05, 3.63) is 33.7 Å². The third-order valence-electron chi connectivity index (χ3n) is 3.72. The molecular formula is C16H16BrNO3S. The van der Waals surface area contributed by atoms with Crippen molar-refractivity contribution in [1.82, 2.24) is 4.98 Å². The fourth-order valence-corrected chi connectivity index (χ4v) is 3.43. The first-order chi connectivity index (χ1) is 10.6. The third-order valence-corrected chi connectivity index (χ3v) is 5.14. The summed E-state index contributed by atoms with van der Waals surface area (Å²) < 4.78 is 11.7. The van der Waals surface area contributed by atoms with Crippen LogP contribution in [0.5, 0.6) is 5.75 Å². The average Bonchev–Trinajstić information content (AvgIpc) is 3.06. The van der Waals surface area contributed by atoms with Crippen molar-refractivity contribution in [1.29, 1.82) is 0 Å². The van der Waals surface area contributed by atoms with Crippen molar-refractivity contribution in [3.8, 4) is 16.3 Å². The van der Waals surface area contributed by atoms with Gasteiger partial charge in [0.1, 0.15) is 17.4 Å². The molecule has 116 valence electrons. The first-order valence-electron chi connectivity index (χ1n) is 7.03. The highest BCUT2D eigenvalue weighted by Crippen LogP contribution is 2.39. The molecule has 6 heteroatoms. The van der Waals surface area contributed by atoms with Crippen LogP contribution in [-0.4, -0.2) is 18.1 Å². The average molecular weight is 382 g/mol.